The second-order valence-corrected chi connectivity index (χ2v) is 6.71. The Bertz CT molecular complexity index is 442. The summed E-state index contributed by atoms with van der Waals surface area (Å²) in [5, 5.41) is 3.06. The van der Waals surface area contributed by atoms with Gasteiger partial charge in [0.15, 0.2) is 0 Å². The van der Waals surface area contributed by atoms with Crippen LogP contribution in [0.4, 0.5) is 0 Å². The van der Waals surface area contributed by atoms with Crippen molar-refractivity contribution in [1.29, 1.82) is 0 Å². The molecule has 0 radical (unpaired) electrons. The van der Waals surface area contributed by atoms with E-state index in [9.17, 15) is 4.79 Å². The normalized spacial score (nSPS) is 22.3. The fourth-order valence-corrected chi connectivity index (χ4v) is 3.20. The fourth-order valence-electron chi connectivity index (χ4n) is 2.67. The first kappa shape index (κ1) is 15.4. The first-order valence-electron chi connectivity index (χ1n) is 7.21. The summed E-state index contributed by atoms with van der Waals surface area (Å²) in [5.41, 5.74) is 0.941. The zero-order chi connectivity index (χ0) is 14.4. The Morgan fingerprint density at radius 1 is 1.30 bits per heavy atom. The lowest BCUT2D eigenvalue weighted by molar-refractivity contribution is -0.120. The number of nitrogens with one attached hydrogen (secondary N) is 1. The van der Waals surface area contributed by atoms with E-state index in [1.54, 1.807) is 7.11 Å². The summed E-state index contributed by atoms with van der Waals surface area (Å²) in [6, 6.07) is 7.68. The Hall–Kier alpha value is -1.03. The highest BCUT2D eigenvalue weighted by molar-refractivity contribution is 9.09. The van der Waals surface area contributed by atoms with Gasteiger partial charge >= 0.3 is 0 Å². The Kier molecular flexibility index (Phi) is 5.89. The molecule has 1 amide bonds. The average molecular weight is 340 g/mol. The van der Waals surface area contributed by atoms with Gasteiger partial charge in [-0.2, -0.15) is 0 Å². The molecule has 0 aliphatic heterocycles. The van der Waals surface area contributed by atoms with Crippen LogP contribution in [0.25, 0.3) is 0 Å². The van der Waals surface area contributed by atoms with Crippen LogP contribution in [0, 0.1) is 5.92 Å². The van der Waals surface area contributed by atoms with E-state index in [-0.39, 0.29) is 5.91 Å². The molecule has 0 aromatic heterocycles. The highest BCUT2D eigenvalue weighted by Crippen LogP contribution is 2.28. The highest BCUT2D eigenvalue weighted by atomic mass is 79.9. The molecule has 1 N–H and O–H groups in total. The molecule has 20 heavy (non-hydrogen) atoms. The second kappa shape index (κ2) is 7.67. The monoisotopic (exact) mass is 339 g/mol. The van der Waals surface area contributed by atoms with Crippen LogP contribution in [0.1, 0.15) is 31.2 Å². The second-order valence-electron chi connectivity index (χ2n) is 5.41. The Balaban J connectivity index is 1.78. The van der Waals surface area contributed by atoms with E-state index in [4.69, 9.17) is 4.74 Å². The molecule has 0 heterocycles. The maximum Gasteiger partial charge on any atom is 0.224 e. The highest BCUT2D eigenvalue weighted by Gasteiger charge is 2.19. The first-order chi connectivity index (χ1) is 9.69. The lowest BCUT2D eigenvalue weighted by Crippen LogP contribution is -2.32. The van der Waals surface area contributed by atoms with Crippen molar-refractivity contribution in [3.8, 4) is 5.75 Å². The van der Waals surface area contributed by atoms with Crippen LogP contribution >= 0.6 is 15.9 Å². The number of hydrogen-bond acceptors (Lipinski definition) is 2. The lowest BCUT2D eigenvalue weighted by Gasteiger charge is -2.25. The standard InChI is InChI=1S/C16H22BrNO2/c1-20-15-5-3-2-4-13(15)10-16(19)18-11-12-6-8-14(17)9-7-12/h2-5,12,14H,6-11H2,1H3,(H,18,19). The number of benzene rings is 1. The lowest BCUT2D eigenvalue weighted by atomic mass is 9.89. The van der Waals surface area contributed by atoms with E-state index in [2.05, 4.69) is 21.2 Å². The third-order valence-electron chi connectivity index (χ3n) is 3.91. The smallest absolute Gasteiger partial charge is 0.224 e. The van der Waals surface area contributed by atoms with Crippen LogP contribution < -0.4 is 10.1 Å². The summed E-state index contributed by atoms with van der Waals surface area (Å²) in [5.74, 6) is 1.49. The molecule has 1 aromatic carbocycles. The summed E-state index contributed by atoms with van der Waals surface area (Å²) in [7, 11) is 1.63. The molecule has 2 rings (SSSR count). The van der Waals surface area contributed by atoms with Crippen molar-refractivity contribution in [2.45, 2.75) is 36.9 Å². The van der Waals surface area contributed by atoms with Gasteiger partial charge in [0.25, 0.3) is 0 Å². The van der Waals surface area contributed by atoms with Crippen LogP contribution in [0.15, 0.2) is 24.3 Å². The maximum absolute atomic E-state index is 12.0. The number of carbonyl (C=O) groups is 1. The zero-order valence-corrected chi connectivity index (χ0v) is 13.5. The molecule has 0 spiro atoms. The van der Waals surface area contributed by atoms with Gasteiger partial charge in [-0.05, 0) is 37.7 Å². The summed E-state index contributed by atoms with van der Waals surface area (Å²) in [6.07, 6.45) is 5.22. The van der Waals surface area contributed by atoms with E-state index in [0.717, 1.165) is 17.9 Å². The number of rotatable bonds is 5. The number of amides is 1. The average Bonchev–Trinajstić information content (AvgIpc) is 2.47. The van der Waals surface area contributed by atoms with E-state index in [0.29, 0.717) is 17.2 Å². The van der Waals surface area contributed by atoms with Crippen LogP contribution in [-0.2, 0) is 11.2 Å². The van der Waals surface area contributed by atoms with Crippen molar-refractivity contribution in [2.24, 2.45) is 5.92 Å². The molecule has 0 atom stereocenters. The summed E-state index contributed by atoms with van der Waals surface area (Å²) in [6.45, 7) is 0.799. The quantitative estimate of drug-likeness (QED) is 0.835. The van der Waals surface area contributed by atoms with Gasteiger partial charge in [-0.15, -0.1) is 0 Å². The number of alkyl halides is 1. The first-order valence-corrected chi connectivity index (χ1v) is 8.13. The van der Waals surface area contributed by atoms with Gasteiger partial charge in [0.2, 0.25) is 5.91 Å². The predicted molar refractivity (Wildman–Crippen MR) is 84.4 cm³/mol. The van der Waals surface area contributed by atoms with Crippen molar-refractivity contribution in [3.63, 3.8) is 0 Å². The minimum absolute atomic E-state index is 0.0791. The molecule has 110 valence electrons. The van der Waals surface area contributed by atoms with Crippen molar-refractivity contribution < 1.29 is 9.53 Å². The topological polar surface area (TPSA) is 38.3 Å². The van der Waals surface area contributed by atoms with Crippen LogP contribution in [0.2, 0.25) is 0 Å². The number of ether oxygens (including phenoxy) is 1. The summed E-state index contributed by atoms with van der Waals surface area (Å²) in [4.78, 5) is 12.7. The predicted octanol–water partition coefficient (Wildman–Crippen LogP) is 3.31. The Morgan fingerprint density at radius 2 is 2.00 bits per heavy atom. The van der Waals surface area contributed by atoms with E-state index < -0.39 is 0 Å². The zero-order valence-electron chi connectivity index (χ0n) is 11.9. The number of hydrogen-bond donors (Lipinski definition) is 1. The molecule has 3 nitrogen and oxygen atoms in total. The minimum Gasteiger partial charge on any atom is -0.496 e. The molecule has 1 aromatic rings. The van der Waals surface area contributed by atoms with Gasteiger partial charge in [-0.25, -0.2) is 0 Å². The fraction of sp³-hybridized carbons (Fsp3) is 0.562. The van der Waals surface area contributed by atoms with E-state index >= 15 is 0 Å². The molecular weight excluding hydrogens is 318 g/mol. The van der Waals surface area contributed by atoms with Crippen molar-refractivity contribution in [3.05, 3.63) is 29.8 Å². The van der Waals surface area contributed by atoms with Gasteiger partial charge < -0.3 is 10.1 Å². The van der Waals surface area contributed by atoms with Gasteiger partial charge in [-0.3, -0.25) is 4.79 Å². The van der Waals surface area contributed by atoms with Crippen LogP contribution in [0.3, 0.4) is 0 Å². The van der Waals surface area contributed by atoms with Crippen molar-refractivity contribution in [1.82, 2.24) is 5.32 Å². The van der Waals surface area contributed by atoms with Gasteiger partial charge in [-0.1, -0.05) is 34.1 Å². The third kappa shape index (κ3) is 4.51. The molecular formula is C16H22BrNO2. The molecule has 0 bridgehead atoms. The summed E-state index contributed by atoms with van der Waals surface area (Å²) >= 11 is 3.65. The molecule has 1 aliphatic rings. The van der Waals surface area contributed by atoms with E-state index in [1.807, 2.05) is 24.3 Å². The van der Waals surface area contributed by atoms with Crippen molar-refractivity contribution >= 4 is 21.8 Å². The number of para-hydroxylation sites is 1. The van der Waals surface area contributed by atoms with Crippen molar-refractivity contribution in [2.75, 3.05) is 13.7 Å². The summed E-state index contributed by atoms with van der Waals surface area (Å²) < 4.78 is 5.27. The maximum atomic E-state index is 12.0. The molecule has 1 fully saturated rings. The minimum atomic E-state index is 0.0791. The van der Waals surface area contributed by atoms with Crippen LogP contribution in [0.5, 0.6) is 5.75 Å². The number of halogens is 1. The third-order valence-corrected chi connectivity index (χ3v) is 4.82. The SMILES string of the molecule is COc1ccccc1CC(=O)NCC1CCC(Br)CC1. The number of methoxy groups -OCH3 is 1. The Labute approximate surface area is 129 Å². The molecule has 0 saturated heterocycles. The van der Waals surface area contributed by atoms with Gasteiger partial charge in [0.1, 0.15) is 5.75 Å². The van der Waals surface area contributed by atoms with Gasteiger partial charge in [0, 0.05) is 16.9 Å². The largest absolute Gasteiger partial charge is 0.496 e. The molecule has 4 heteroatoms. The van der Waals surface area contributed by atoms with E-state index in [1.165, 1.54) is 25.7 Å². The van der Waals surface area contributed by atoms with Gasteiger partial charge in [0.05, 0.1) is 13.5 Å². The molecule has 0 unspecified atom stereocenters. The molecule has 1 saturated carbocycles. The molecule has 1 aliphatic carbocycles. The Morgan fingerprint density at radius 3 is 2.70 bits per heavy atom. The van der Waals surface area contributed by atoms with Crippen LogP contribution in [-0.4, -0.2) is 24.4 Å². The number of carbonyl (C=O) groups excluding carboxylic acids is 1.